The molecule has 202 valence electrons. The third-order valence-electron chi connectivity index (χ3n) is 6.80. The average molecular weight is 557 g/mol. The number of hydrogen-bond donors (Lipinski definition) is 0. The predicted octanol–water partition coefficient (Wildman–Crippen LogP) is 7.93. The van der Waals surface area contributed by atoms with Gasteiger partial charge in [-0.05, 0) is 37.6 Å². The Labute approximate surface area is 243 Å². The molecule has 0 N–H and O–H groups in total. The number of carbonyl (C=O) groups is 1. The molecule has 2 aromatic heterocycles. The molecule has 6 rings (SSSR count). The van der Waals surface area contributed by atoms with Gasteiger partial charge in [0.2, 0.25) is 0 Å². The van der Waals surface area contributed by atoms with Gasteiger partial charge in [-0.3, -0.25) is 9.55 Å². The fourth-order valence-electron chi connectivity index (χ4n) is 4.89. The van der Waals surface area contributed by atoms with E-state index >= 15 is 0 Å². The molecule has 0 atom stereocenters. The van der Waals surface area contributed by atoms with E-state index in [-0.39, 0.29) is 12.6 Å². The molecule has 0 aliphatic carbocycles. The maximum absolute atomic E-state index is 13.5. The number of fused-ring (bicyclic) bond motifs is 1. The lowest BCUT2D eigenvalue weighted by atomic mass is 9.94. The molecule has 0 unspecified atom stereocenters. The molecule has 41 heavy (non-hydrogen) atoms. The van der Waals surface area contributed by atoms with Crippen molar-refractivity contribution in [2.45, 2.75) is 24.8 Å². The monoisotopic (exact) mass is 556 g/mol. The van der Waals surface area contributed by atoms with Crippen LogP contribution in [-0.2, 0) is 10.5 Å². The maximum Gasteiger partial charge on any atom is 0.340 e. The van der Waals surface area contributed by atoms with Gasteiger partial charge in [0.25, 0.3) is 0 Å². The Bertz CT molecular complexity index is 1820. The van der Waals surface area contributed by atoms with Gasteiger partial charge in [-0.15, -0.1) is 10.2 Å². The van der Waals surface area contributed by atoms with E-state index in [9.17, 15) is 4.79 Å². The summed E-state index contributed by atoms with van der Waals surface area (Å²) in [5.74, 6) is 0.765. The first-order valence-electron chi connectivity index (χ1n) is 13.5. The molecule has 0 amide bonds. The van der Waals surface area contributed by atoms with E-state index in [4.69, 9.17) is 9.72 Å². The first kappa shape index (κ1) is 26.5. The summed E-state index contributed by atoms with van der Waals surface area (Å²) in [5.41, 5.74) is 6.81. The van der Waals surface area contributed by atoms with Crippen LogP contribution in [0.25, 0.3) is 39.1 Å². The van der Waals surface area contributed by atoms with Crippen LogP contribution < -0.4 is 0 Å². The second kappa shape index (κ2) is 11.8. The lowest BCUT2D eigenvalue weighted by Crippen LogP contribution is -2.12. The Kier molecular flexibility index (Phi) is 7.60. The van der Waals surface area contributed by atoms with Crippen molar-refractivity contribution in [2.75, 3.05) is 6.61 Å². The molecule has 0 bridgehead atoms. The van der Waals surface area contributed by atoms with E-state index in [1.54, 1.807) is 0 Å². The summed E-state index contributed by atoms with van der Waals surface area (Å²) in [6.07, 6.45) is 0. The first-order chi connectivity index (χ1) is 20.1. The van der Waals surface area contributed by atoms with Crippen molar-refractivity contribution >= 4 is 28.6 Å². The fraction of sp³-hybridized carbons (Fsp3) is 0.118. The Hall–Kier alpha value is -4.75. The van der Waals surface area contributed by atoms with Gasteiger partial charge >= 0.3 is 5.97 Å². The van der Waals surface area contributed by atoms with E-state index in [0.717, 1.165) is 39.1 Å². The Morgan fingerprint density at radius 1 is 0.805 bits per heavy atom. The molecule has 4 aromatic carbocycles. The van der Waals surface area contributed by atoms with Crippen molar-refractivity contribution in [2.24, 2.45) is 0 Å². The molecule has 0 saturated carbocycles. The van der Waals surface area contributed by atoms with Gasteiger partial charge in [-0.25, -0.2) is 4.79 Å². The van der Waals surface area contributed by atoms with Gasteiger partial charge in [0, 0.05) is 28.0 Å². The fourth-order valence-corrected chi connectivity index (χ4v) is 5.79. The molecule has 6 nitrogen and oxygen atoms in total. The number of pyridine rings is 1. The molecule has 6 aromatic rings. The van der Waals surface area contributed by atoms with Crippen molar-refractivity contribution in [3.8, 4) is 28.2 Å². The lowest BCUT2D eigenvalue weighted by Gasteiger charge is -2.17. The van der Waals surface area contributed by atoms with Crippen LogP contribution in [0.2, 0.25) is 0 Å². The smallest absolute Gasteiger partial charge is 0.340 e. The molecule has 0 fully saturated rings. The number of nitrogens with zero attached hydrogens (tertiary/aromatic N) is 4. The van der Waals surface area contributed by atoms with E-state index in [2.05, 4.69) is 46.0 Å². The topological polar surface area (TPSA) is 69.9 Å². The first-order valence-corrected chi connectivity index (χ1v) is 14.5. The number of aryl methyl sites for hydroxylation is 1. The summed E-state index contributed by atoms with van der Waals surface area (Å²) in [7, 11) is 0. The quantitative estimate of drug-likeness (QED) is 0.140. The highest BCUT2D eigenvalue weighted by Gasteiger charge is 2.25. The maximum atomic E-state index is 13.5. The molecule has 0 radical (unpaired) electrons. The number of benzene rings is 4. The van der Waals surface area contributed by atoms with E-state index in [1.807, 2.05) is 91.9 Å². The van der Waals surface area contributed by atoms with Gasteiger partial charge in [-0.1, -0.05) is 108 Å². The number of carbonyl (C=O) groups excluding carboxylic acids is 1. The minimum atomic E-state index is -0.384. The van der Waals surface area contributed by atoms with Crippen LogP contribution in [0.4, 0.5) is 0 Å². The second-order valence-corrected chi connectivity index (χ2v) is 10.5. The summed E-state index contributed by atoms with van der Waals surface area (Å²) >= 11 is 1.50. The molecule has 0 spiro atoms. The molecule has 0 aliphatic heterocycles. The van der Waals surface area contributed by atoms with Crippen LogP contribution in [0.15, 0.2) is 114 Å². The van der Waals surface area contributed by atoms with Crippen LogP contribution in [0.5, 0.6) is 0 Å². The van der Waals surface area contributed by atoms with Crippen molar-refractivity contribution in [3.63, 3.8) is 0 Å². The van der Waals surface area contributed by atoms with Crippen LogP contribution in [0.3, 0.4) is 0 Å². The van der Waals surface area contributed by atoms with Crippen LogP contribution >= 0.6 is 11.8 Å². The molecular weight excluding hydrogens is 528 g/mol. The Balaban J connectivity index is 1.48. The largest absolute Gasteiger partial charge is 0.462 e. The number of rotatable bonds is 8. The normalized spacial score (nSPS) is 11.1. The van der Waals surface area contributed by atoms with E-state index in [0.29, 0.717) is 22.2 Å². The van der Waals surface area contributed by atoms with Crippen molar-refractivity contribution in [1.82, 2.24) is 19.7 Å². The predicted molar refractivity (Wildman–Crippen MR) is 164 cm³/mol. The highest BCUT2D eigenvalue weighted by molar-refractivity contribution is 7.98. The minimum Gasteiger partial charge on any atom is -0.462 e. The zero-order valence-electron chi connectivity index (χ0n) is 22.8. The summed E-state index contributed by atoms with van der Waals surface area (Å²) in [4.78, 5) is 18.5. The third-order valence-corrected chi connectivity index (χ3v) is 7.75. The van der Waals surface area contributed by atoms with Gasteiger partial charge in [0.05, 0.1) is 23.4 Å². The van der Waals surface area contributed by atoms with E-state index in [1.165, 1.54) is 17.3 Å². The van der Waals surface area contributed by atoms with Crippen molar-refractivity contribution in [1.29, 1.82) is 0 Å². The SMILES string of the molecule is CCOC(=O)c1c(CSc2nnc(-c3ccccc3)n2-c2ccc(C)cc2)nc2ccccc2c1-c1ccccc1. The number of hydrogen-bond acceptors (Lipinski definition) is 6. The summed E-state index contributed by atoms with van der Waals surface area (Å²) in [5, 5.41) is 10.8. The summed E-state index contributed by atoms with van der Waals surface area (Å²) in [6, 6.07) is 36.2. The van der Waals surface area contributed by atoms with Gasteiger partial charge < -0.3 is 4.74 Å². The second-order valence-electron chi connectivity index (χ2n) is 9.54. The third kappa shape index (κ3) is 5.36. The standard InChI is InChI=1S/C34H28N4O2S/c1-3-40-33(39)31-29(35-28-17-11-10-16-27(28)30(31)24-12-6-4-7-13-24)22-41-34-37-36-32(25-14-8-5-9-15-25)38(34)26-20-18-23(2)19-21-26/h4-21H,3,22H2,1-2H3. The number of aromatic nitrogens is 4. The minimum absolute atomic E-state index is 0.272. The zero-order chi connectivity index (χ0) is 28.2. The van der Waals surface area contributed by atoms with Gasteiger partial charge in [-0.2, -0.15) is 0 Å². The number of thioether (sulfide) groups is 1. The van der Waals surface area contributed by atoms with Crippen LogP contribution in [0.1, 0.15) is 28.5 Å². The van der Waals surface area contributed by atoms with Crippen LogP contribution in [0, 0.1) is 6.92 Å². The molecule has 7 heteroatoms. The Morgan fingerprint density at radius 3 is 2.17 bits per heavy atom. The molecular formula is C34H28N4O2S. The zero-order valence-corrected chi connectivity index (χ0v) is 23.6. The average Bonchev–Trinajstić information content (AvgIpc) is 3.44. The lowest BCUT2D eigenvalue weighted by molar-refractivity contribution is 0.0526. The van der Waals surface area contributed by atoms with E-state index < -0.39 is 0 Å². The highest BCUT2D eigenvalue weighted by Crippen LogP contribution is 2.37. The van der Waals surface area contributed by atoms with Crippen LogP contribution in [-0.4, -0.2) is 32.3 Å². The van der Waals surface area contributed by atoms with Crippen molar-refractivity contribution < 1.29 is 9.53 Å². The highest BCUT2D eigenvalue weighted by atomic mass is 32.2. The summed E-state index contributed by atoms with van der Waals surface area (Å²) < 4.78 is 7.63. The number of ether oxygens (including phenoxy) is 1. The van der Waals surface area contributed by atoms with Gasteiger partial charge in [0.15, 0.2) is 11.0 Å². The van der Waals surface area contributed by atoms with Crippen molar-refractivity contribution in [3.05, 3.63) is 126 Å². The number of para-hydroxylation sites is 1. The molecule has 0 saturated heterocycles. The molecule has 2 heterocycles. The molecule has 0 aliphatic rings. The van der Waals surface area contributed by atoms with Gasteiger partial charge in [0.1, 0.15) is 0 Å². The summed E-state index contributed by atoms with van der Waals surface area (Å²) in [6.45, 7) is 4.16. The Morgan fingerprint density at radius 2 is 1.46 bits per heavy atom. The number of esters is 1.